The summed E-state index contributed by atoms with van der Waals surface area (Å²) in [7, 11) is -0.256. The van der Waals surface area contributed by atoms with Crippen LogP contribution in [0.3, 0.4) is 0 Å². The molecular weight excluding hydrogens is 356 g/mol. The molecule has 8 nitrogen and oxygen atoms in total. The van der Waals surface area contributed by atoms with Crippen LogP contribution >= 0.6 is 0 Å². The lowest BCUT2D eigenvalue weighted by atomic mass is 9.99. The topological polar surface area (TPSA) is 93.5 Å². The Balaban J connectivity index is 1.75. The fourth-order valence-corrected chi connectivity index (χ4v) is 4.02. The van der Waals surface area contributed by atoms with Gasteiger partial charge in [0.15, 0.2) is 0 Å². The molecule has 0 atom stereocenters. The zero-order chi connectivity index (χ0) is 18.7. The van der Waals surface area contributed by atoms with Gasteiger partial charge in [-0.25, -0.2) is 18.1 Å². The highest BCUT2D eigenvalue weighted by molar-refractivity contribution is 7.89. The fourth-order valence-electron chi connectivity index (χ4n) is 2.96. The summed E-state index contributed by atoms with van der Waals surface area (Å²) in [6.45, 7) is 1.53. The van der Waals surface area contributed by atoms with E-state index in [1.807, 2.05) is 0 Å². The van der Waals surface area contributed by atoms with Crippen LogP contribution in [0.15, 0.2) is 35.6 Å². The van der Waals surface area contributed by atoms with Gasteiger partial charge < -0.3 is 14.2 Å². The van der Waals surface area contributed by atoms with Crippen LogP contribution in [0, 0.1) is 0 Å². The number of ether oxygens (including phenoxy) is 1. The lowest BCUT2D eigenvalue weighted by Crippen LogP contribution is -2.37. The number of amides is 1. The lowest BCUT2D eigenvalue weighted by Gasteiger charge is -2.29. The average Bonchev–Trinajstić information content (AvgIpc) is 3.06. The Labute approximate surface area is 152 Å². The molecule has 0 unspecified atom stereocenters. The number of nitrogens with zero attached hydrogens (tertiary/aromatic N) is 3. The van der Waals surface area contributed by atoms with Gasteiger partial charge in [0, 0.05) is 33.8 Å². The van der Waals surface area contributed by atoms with Crippen molar-refractivity contribution in [3.63, 3.8) is 0 Å². The van der Waals surface area contributed by atoms with E-state index in [-0.39, 0.29) is 17.3 Å². The molecule has 1 aliphatic rings. The molecule has 140 valence electrons. The number of rotatable bonds is 6. The van der Waals surface area contributed by atoms with Crippen molar-refractivity contribution in [1.82, 2.24) is 19.2 Å². The van der Waals surface area contributed by atoms with Crippen molar-refractivity contribution in [2.45, 2.75) is 17.9 Å². The molecule has 1 aliphatic heterocycles. The van der Waals surface area contributed by atoms with Gasteiger partial charge in [0.05, 0.1) is 24.0 Å². The van der Waals surface area contributed by atoms with E-state index in [2.05, 4.69) is 9.71 Å². The molecule has 9 heteroatoms. The third kappa shape index (κ3) is 3.79. The summed E-state index contributed by atoms with van der Waals surface area (Å²) >= 11 is 0. The highest BCUT2D eigenvalue weighted by Crippen LogP contribution is 2.23. The molecule has 0 fully saturated rings. The second kappa shape index (κ2) is 7.56. The second-order valence-electron chi connectivity index (χ2n) is 6.19. The molecule has 0 saturated carbocycles. The summed E-state index contributed by atoms with van der Waals surface area (Å²) in [4.78, 5) is 18.6. The number of methoxy groups -OCH3 is 1. The third-order valence-electron chi connectivity index (χ3n) is 4.42. The van der Waals surface area contributed by atoms with Gasteiger partial charge in [-0.05, 0) is 29.7 Å². The predicted molar refractivity (Wildman–Crippen MR) is 95.2 cm³/mol. The van der Waals surface area contributed by atoms with Crippen LogP contribution in [-0.2, 0) is 34.8 Å². The first-order chi connectivity index (χ1) is 12.4. The number of benzene rings is 1. The van der Waals surface area contributed by atoms with Gasteiger partial charge in [0.2, 0.25) is 10.0 Å². The summed E-state index contributed by atoms with van der Waals surface area (Å²) in [5.74, 6) is -0.0754. The van der Waals surface area contributed by atoms with E-state index in [0.717, 1.165) is 11.1 Å². The maximum Gasteiger partial charge on any atom is 0.272 e. The predicted octanol–water partition coefficient (Wildman–Crippen LogP) is 0.543. The van der Waals surface area contributed by atoms with E-state index in [1.165, 1.54) is 7.11 Å². The maximum absolute atomic E-state index is 12.6. The molecule has 0 radical (unpaired) electrons. The van der Waals surface area contributed by atoms with E-state index < -0.39 is 10.0 Å². The molecule has 1 aromatic carbocycles. The molecule has 1 N–H and O–H groups in total. The summed E-state index contributed by atoms with van der Waals surface area (Å²) in [5.41, 5.74) is 2.45. The lowest BCUT2D eigenvalue weighted by molar-refractivity contribution is 0.0725. The van der Waals surface area contributed by atoms with Crippen molar-refractivity contribution in [2.24, 2.45) is 7.05 Å². The van der Waals surface area contributed by atoms with E-state index in [4.69, 9.17) is 4.74 Å². The van der Waals surface area contributed by atoms with Crippen LogP contribution in [-0.4, -0.2) is 55.6 Å². The zero-order valence-electron chi connectivity index (χ0n) is 14.8. The zero-order valence-corrected chi connectivity index (χ0v) is 15.6. The van der Waals surface area contributed by atoms with Crippen molar-refractivity contribution in [2.75, 3.05) is 26.8 Å². The Hall–Kier alpha value is -2.23. The van der Waals surface area contributed by atoms with Crippen molar-refractivity contribution in [3.8, 4) is 0 Å². The van der Waals surface area contributed by atoms with E-state index in [0.29, 0.717) is 31.8 Å². The number of hydrogen-bond acceptors (Lipinski definition) is 5. The Bertz CT molecular complexity index is 907. The first kappa shape index (κ1) is 18.6. The molecule has 0 aliphatic carbocycles. The van der Waals surface area contributed by atoms with Crippen LogP contribution in [0.5, 0.6) is 0 Å². The molecule has 0 saturated heterocycles. The van der Waals surface area contributed by atoms with Gasteiger partial charge in [0.1, 0.15) is 5.69 Å². The quantitative estimate of drug-likeness (QED) is 0.741. The smallest absolute Gasteiger partial charge is 0.272 e. The number of imidazole rings is 1. The SMILES string of the molecule is COCCNS(=O)(=O)c1ccc2c(c1)CCN(C(=O)c1cncn1C)C2. The molecule has 1 aromatic heterocycles. The molecule has 26 heavy (non-hydrogen) atoms. The van der Waals surface area contributed by atoms with Gasteiger partial charge in [-0.3, -0.25) is 4.79 Å². The highest BCUT2D eigenvalue weighted by Gasteiger charge is 2.25. The van der Waals surface area contributed by atoms with Gasteiger partial charge in [-0.1, -0.05) is 6.07 Å². The Morgan fingerprint density at radius 3 is 2.85 bits per heavy atom. The van der Waals surface area contributed by atoms with Crippen LogP contribution in [0.4, 0.5) is 0 Å². The Kier molecular flexibility index (Phi) is 5.40. The van der Waals surface area contributed by atoms with Crippen molar-refractivity contribution in [3.05, 3.63) is 47.5 Å². The molecule has 2 aromatic rings. The summed E-state index contributed by atoms with van der Waals surface area (Å²) in [6.07, 6.45) is 3.76. The van der Waals surface area contributed by atoms with Gasteiger partial charge in [0.25, 0.3) is 5.91 Å². The monoisotopic (exact) mass is 378 g/mol. The van der Waals surface area contributed by atoms with E-state index in [9.17, 15) is 13.2 Å². The minimum absolute atomic E-state index is 0.0754. The number of hydrogen-bond donors (Lipinski definition) is 1. The molecule has 2 heterocycles. The second-order valence-corrected chi connectivity index (χ2v) is 7.95. The van der Waals surface area contributed by atoms with Gasteiger partial charge in [-0.2, -0.15) is 0 Å². The normalized spacial score (nSPS) is 14.3. The molecule has 3 rings (SSSR count). The molecular formula is C17H22N4O4S. The largest absolute Gasteiger partial charge is 0.383 e. The fraction of sp³-hybridized carbons (Fsp3) is 0.412. The molecule has 1 amide bonds. The third-order valence-corrected chi connectivity index (χ3v) is 5.88. The van der Waals surface area contributed by atoms with E-state index >= 15 is 0 Å². The Morgan fingerprint density at radius 1 is 1.35 bits per heavy atom. The van der Waals surface area contributed by atoms with E-state index in [1.54, 1.807) is 47.2 Å². The number of nitrogens with one attached hydrogen (secondary N) is 1. The highest BCUT2D eigenvalue weighted by atomic mass is 32.2. The van der Waals surface area contributed by atoms with Gasteiger partial charge in [-0.15, -0.1) is 0 Å². The van der Waals surface area contributed by atoms with Crippen LogP contribution in [0.2, 0.25) is 0 Å². The van der Waals surface area contributed by atoms with Gasteiger partial charge >= 0.3 is 0 Å². The number of sulfonamides is 1. The number of carbonyl (C=O) groups is 1. The average molecular weight is 378 g/mol. The molecule has 0 bridgehead atoms. The summed E-state index contributed by atoms with van der Waals surface area (Å²) < 4.78 is 33.7. The minimum Gasteiger partial charge on any atom is -0.383 e. The van der Waals surface area contributed by atoms with Crippen LogP contribution in [0.25, 0.3) is 0 Å². The number of carbonyl (C=O) groups excluding carboxylic acids is 1. The Morgan fingerprint density at radius 2 is 2.15 bits per heavy atom. The number of aromatic nitrogens is 2. The number of aryl methyl sites for hydroxylation is 1. The minimum atomic E-state index is -3.56. The van der Waals surface area contributed by atoms with Crippen molar-refractivity contribution in [1.29, 1.82) is 0 Å². The van der Waals surface area contributed by atoms with Crippen molar-refractivity contribution >= 4 is 15.9 Å². The first-order valence-corrected chi connectivity index (χ1v) is 9.76. The van der Waals surface area contributed by atoms with Crippen LogP contribution in [0.1, 0.15) is 21.6 Å². The number of fused-ring (bicyclic) bond motifs is 1. The first-order valence-electron chi connectivity index (χ1n) is 8.28. The summed E-state index contributed by atoms with van der Waals surface area (Å²) in [6, 6.07) is 5.05. The molecule has 0 spiro atoms. The van der Waals surface area contributed by atoms with Crippen molar-refractivity contribution < 1.29 is 17.9 Å². The summed E-state index contributed by atoms with van der Waals surface area (Å²) in [5, 5.41) is 0. The standard InChI is InChI=1S/C17H22N4O4S/c1-20-12-18-10-16(20)17(22)21-7-5-13-9-15(4-3-14(13)11-21)26(23,24)19-6-8-25-2/h3-4,9-10,12,19H,5-8,11H2,1-2H3. The maximum atomic E-state index is 12.6. The van der Waals surface area contributed by atoms with Crippen LogP contribution < -0.4 is 4.72 Å².